The Labute approximate surface area is 125 Å². The van der Waals surface area contributed by atoms with Crippen molar-refractivity contribution in [3.63, 3.8) is 0 Å². The lowest BCUT2D eigenvalue weighted by Gasteiger charge is -2.08. The Hall–Kier alpha value is -1.39. The van der Waals surface area contributed by atoms with Crippen molar-refractivity contribution in [3.05, 3.63) is 45.4 Å². The number of nitrogens with zero attached hydrogens (tertiary/aromatic N) is 1. The molecule has 1 aromatic heterocycles. The fraction of sp³-hybridized carbons (Fsp3) is 0.438. The van der Waals surface area contributed by atoms with Gasteiger partial charge in [0, 0.05) is 11.9 Å². The summed E-state index contributed by atoms with van der Waals surface area (Å²) >= 11 is 1.69. The fourth-order valence-corrected chi connectivity index (χ4v) is 2.73. The standard InChI is InChI=1S/C16H22N2OS/c1-4-7-17-9-16-18-14(11-20-16)10-19-15-6-5-12(2)8-13(15)3/h5-6,8,11,17H,4,7,9-10H2,1-3H3. The highest BCUT2D eigenvalue weighted by molar-refractivity contribution is 7.09. The molecule has 0 amide bonds. The van der Waals surface area contributed by atoms with Crippen molar-refractivity contribution in [2.45, 2.75) is 40.3 Å². The van der Waals surface area contributed by atoms with Gasteiger partial charge in [-0.25, -0.2) is 4.98 Å². The molecule has 0 saturated heterocycles. The summed E-state index contributed by atoms with van der Waals surface area (Å²) in [4.78, 5) is 4.58. The van der Waals surface area contributed by atoms with Crippen molar-refractivity contribution < 1.29 is 4.74 Å². The van der Waals surface area contributed by atoms with E-state index in [1.54, 1.807) is 11.3 Å². The van der Waals surface area contributed by atoms with Crippen LogP contribution in [0.2, 0.25) is 0 Å². The SMILES string of the molecule is CCCNCc1nc(COc2ccc(C)cc2C)cs1. The molecule has 0 aliphatic heterocycles. The zero-order valence-corrected chi connectivity index (χ0v) is 13.2. The van der Waals surface area contributed by atoms with Crippen molar-refractivity contribution in [2.24, 2.45) is 0 Å². The van der Waals surface area contributed by atoms with Crippen LogP contribution in [0.4, 0.5) is 0 Å². The Kier molecular flexibility index (Phi) is 5.56. The first-order valence-electron chi connectivity index (χ1n) is 7.03. The van der Waals surface area contributed by atoms with Gasteiger partial charge in [0.25, 0.3) is 0 Å². The van der Waals surface area contributed by atoms with Gasteiger partial charge in [-0.15, -0.1) is 11.3 Å². The highest BCUT2D eigenvalue weighted by Crippen LogP contribution is 2.20. The molecule has 0 spiro atoms. The summed E-state index contributed by atoms with van der Waals surface area (Å²) in [5.74, 6) is 0.939. The van der Waals surface area contributed by atoms with Crippen LogP contribution in [0, 0.1) is 13.8 Å². The Balaban J connectivity index is 1.87. The van der Waals surface area contributed by atoms with Gasteiger partial charge in [-0.1, -0.05) is 24.6 Å². The second-order valence-corrected chi connectivity index (χ2v) is 5.91. The van der Waals surface area contributed by atoms with Crippen LogP contribution in [-0.2, 0) is 13.2 Å². The predicted molar refractivity (Wildman–Crippen MR) is 84.4 cm³/mol. The normalized spacial score (nSPS) is 10.8. The number of thiazole rings is 1. The Morgan fingerprint density at radius 2 is 2.15 bits per heavy atom. The minimum absolute atomic E-state index is 0.536. The molecule has 3 nitrogen and oxygen atoms in total. The lowest BCUT2D eigenvalue weighted by Crippen LogP contribution is -2.13. The molecule has 0 atom stereocenters. The lowest BCUT2D eigenvalue weighted by molar-refractivity contribution is 0.299. The van der Waals surface area contributed by atoms with Crippen LogP contribution < -0.4 is 10.1 Å². The lowest BCUT2D eigenvalue weighted by atomic mass is 10.1. The molecule has 2 rings (SSSR count). The average Bonchev–Trinajstić information content (AvgIpc) is 2.86. The molecule has 0 aliphatic rings. The summed E-state index contributed by atoms with van der Waals surface area (Å²) in [6, 6.07) is 6.24. The van der Waals surface area contributed by atoms with Crippen LogP contribution in [0.3, 0.4) is 0 Å². The van der Waals surface area contributed by atoms with Crippen molar-refractivity contribution in [1.82, 2.24) is 10.3 Å². The van der Waals surface area contributed by atoms with E-state index in [0.29, 0.717) is 6.61 Å². The Bertz CT molecular complexity index is 551. The van der Waals surface area contributed by atoms with E-state index in [4.69, 9.17) is 4.74 Å². The largest absolute Gasteiger partial charge is 0.487 e. The van der Waals surface area contributed by atoms with Crippen molar-refractivity contribution >= 4 is 11.3 Å². The Morgan fingerprint density at radius 3 is 2.90 bits per heavy atom. The van der Waals surface area contributed by atoms with E-state index in [0.717, 1.165) is 36.0 Å². The van der Waals surface area contributed by atoms with Gasteiger partial charge in [-0.2, -0.15) is 0 Å². The number of aromatic nitrogens is 1. The number of hydrogen-bond donors (Lipinski definition) is 1. The van der Waals surface area contributed by atoms with E-state index in [2.05, 4.69) is 48.6 Å². The van der Waals surface area contributed by atoms with E-state index in [9.17, 15) is 0 Å². The molecule has 0 fully saturated rings. The smallest absolute Gasteiger partial charge is 0.131 e. The van der Waals surface area contributed by atoms with Crippen LogP contribution in [0.15, 0.2) is 23.6 Å². The molecular weight excluding hydrogens is 268 g/mol. The minimum atomic E-state index is 0.536. The zero-order valence-electron chi connectivity index (χ0n) is 12.4. The quantitative estimate of drug-likeness (QED) is 0.787. The first-order valence-corrected chi connectivity index (χ1v) is 7.91. The summed E-state index contributed by atoms with van der Waals surface area (Å²) in [6.45, 7) is 8.75. The maximum atomic E-state index is 5.84. The van der Waals surface area contributed by atoms with E-state index < -0.39 is 0 Å². The molecule has 0 bridgehead atoms. The molecule has 0 unspecified atom stereocenters. The molecule has 1 heterocycles. The van der Waals surface area contributed by atoms with E-state index in [-0.39, 0.29) is 0 Å². The van der Waals surface area contributed by atoms with Gasteiger partial charge >= 0.3 is 0 Å². The predicted octanol–water partition coefficient (Wildman–Crippen LogP) is 3.84. The van der Waals surface area contributed by atoms with Crippen molar-refractivity contribution in [3.8, 4) is 5.75 Å². The molecule has 0 radical (unpaired) electrons. The molecule has 20 heavy (non-hydrogen) atoms. The number of ether oxygens (including phenoxy) is 1. The van der Waals surface area contributed by atoms with Crippen LogP contribution >= 0.6 is 11.3 Å². The highest BCUT2D eigenvalue weighted by atomic mass is 32.1. The van der Waals surface area contributed by atoms with E-state index in [1.807, 2.05) is 6.07 Å². The maximum absolute atomic E-state index is 5.84. The molecule has 1 N–H and O–H groups in total. The molecular formula is C16H22N2OS. The van der Waals surface area contributed by atoms with Crippen LogP contribution in [0.5, 0.6) is 5.75 Å². The third-order valence-electron chi connectivity index (χ3n) is 3.01. The van der Waals surface area contributed by atoms with Gasteiger partial charge in [-0.05, 0) is 38.4 Å². The fourth-order valence-electron chi connectivity index (χ4n) is 1.98. The monoisotopic (exact) mass is 290 g/mol. The van der Waals surface area contributed by atoms with Crippen LogP contribution in [-0.4, -0.2) is 11.5 Å². The molecule has 0 aliphatic carbocycles. The second kappa shape index (κ2) is 7.41. The van der Waals surface area contributed by atoms with Crippen molar-refractivity contribution in [2.75, 3.05) is 6.54 Å². The first kappa shape index (κ1) is 15.0. The minimum Gasteiger partial charge on any atom is -0.487 e. The molecule has 0 saturated carbocycles. The number of rotatable bonds is 7. The third-order valence-corrected chi connectivity index (χ3v) is 3.91. The number of benzene rings is 1. The molecule has 2 aromatic rings. The summed E-state index contributed by atoms with van der Waals surface area (Å²) < 4.78 is 5.84. The van der Waals surface area contributed by atoms with Crippen molar-refractivity contribution in [1.29, 1.82) is 0 Å². The summed E-state index contributed by atoms with van der Waals surface area (Å²) in [7, 11) is 0. The maximum Gasteiger partial charge on any atom is 0.131 e. The summed E-state index contributed by atoms with van der Waals surface area (Å²) in [5.41, 5.74) is 3.43. The van der Waals surface area contributed by atoms with E-state index in [1.165, 1.54) is 11.1 Å². The topological polar surface area (TPSA) is 34.2 Å². The Morgan fingerprint density at radius 1 is 1.30 bits per heavy atom. The van der Waals surface area contributed by atoms with Gasteiger partial charge < -0.3 is 10.1 Å². The van der Waals surface area contributed by atoms with E-state index >= 15 is 0 Å². The number of aryl methyl sites for hydroxylation is 2. The first-order chi connectivity index (χ1) is 9.69. The van der Waals surface area contributed by atoms with Gasteiger partial charge in [0.1, 0.15) is 17.4 Å². The third kappa shape index (κ3) is 4.32. The molecule has 1 aromatic carbocycles. The summed E-state index contributed by atoms with van der Waals surface area (Å²) in [6.07, 6.45) is 1.15. The zero-order chi connectivity index (χ0) is 14.4. The van der Waals surface area contributed by atoms with Gasteiger partial charge in [0.05, 0.1) is 5.69 Å². The average molecular weight is 290 g/mol. The second-order valence-electron chi connectivity index (χ2n) is 4.97. The van der Waals surface area contributed by atoms with Gasteiger partial charge in [0.2, 0.25) is 0 Å². The summed E-state index contributed by atoms with van der Waals surface area (Å²) in [5, 5.41) is 6.56. The van der Waals surface area contributed by atoms with Crippen LogP contribution in [0.1, 0.15) is 35.2 Å². The molecule has 108 valence electrons. The molecule has 4 heteroatoms. The number of hydrogen-bond acceptors (Lipinski definition) is 4. The highest BCUT2D eigenvalue weighted by Gasteiger charge is 2.04. The van der Waals surface area contributed by atoms with Gasteiger partial charge in [0.15, 0.2) is 0 Å². The van der Waals surface area contributed by atoms with Crippen LogP contribution in [0.25, 0.3) is 0 Å². The van der Waals surface area contributed by atoms with Gasteiger partial charge in [-0.3, -0.25) is 0 Å². The number of nitrogens with one attached hydrogen (secondary N) is 1.